The quantitative estimate of drug-likeness (QED) is 0.0385. The number of carboxylic acid groups (broad SMARTS) is 1. The molecule has 10 nitrogen and oxygen atoms in total. The summed E-state index contributed by atoms with van der Waals surface area (Å²) in [5.74, 6) is -1.25. The maximum atomic E-state index is 13.9. The molecular weight excluding hydrogens is 709 g/mol. The Balaban J connectivity index is 2.70. The molecule has 0 unspecified atom stereocenters. The molecule has 56 heavy (non-hydrogen) atoms. The number of aliphatic hydroxyl groups is 3. The maximum Gasteiger partial charge on any atom is 0.303 e. The summed E-state index contributed by atoms with van der Waals surface area (Å²) in [6.07, 6.45) is 31.2. The van der Waals surface area contributed by atoms with E-state index in [1.165, 1.54) is 128 Å². The van der Waals surface area contributed by atoms with Crippen molar-refractivity contribution in [2.45, 2.75) is 263 Å². The molecule has 0 radical (unpaired) electrons. The SMILES string of the molecule is CCCCCCCCCCCCCCCCCC(=O)N(CCCCCCCCCCCCCC)[C@@H]1O[C@H](CO)[C@H](O)[C@H](O)[C@H]1NC(=O)CCCCCCC(=O)O. The minimum absolute atomic E-state index is 0.0919. The fraction of sp³-hybridized carbons (Fsp3) is 0.935. The molecule has 0 bridgehead atoms. The number of ether oxygens (including phenoxy) is 1. The number of nitrogens with zero attached hydrogens (tertiary/aromatic N) is 1. The summed E-state index contributed by atoms with van der Waals surface area (Å²) in [4.78, 5) is 39.5. The number of hydrogen-bond acceptors (Lipinski definition) is 7. The van der Waals surface area contributed by atoms with Gasteiger partial charge in [0.25, 0.3) is 0 Å². The third kappa shape index (κ3) is 26.3. The van der Waals surface area contributed by atoms with Crippen molar-refractivity contribution in [3.63, 3.8) is 0 Å². The number of aliphatic carboxylic acids is 1. The van der Waals surface area contributed by atoms with E-state index in [4.69, 9.17) is 9.84 Å². The second-order valence-corrected chi connectivity index (χ2v) is 16.8. The Labute approximate surface area is 342 Å². The van der Waals surface area contributed by atoms with E-state index < -0.39 is 43.2 Å². The van der Waals surface area contributed by atoms with Crippen molar-refractivity contribution in [1.82, 2.24) is 10.2 Å². The number of carboxylic acids is 1. The van der Waals surface area contributed by atoms with Crippen LogP contribution in [0.5, 0.6) is 0 Å². The lowest BCUT2D eigenvalue weighted by Gasteiger charge is -2.47. The normalized spacial score (nSPS) is 19.6. The number of hydrogen-bond donors (Lipinski definition) is 5. The summed E-state index contributed by atoms with van der Waals surface area (Å²) >= 11 is 0. The number of amides is 2. The highest BCUT2D eigenvalue weighted by Gasteiger charge is 2.48. The summed E-state index contributed by atoms with van der Waals surface area (Å²) in [7, 11) is 0. The lowest BCUT2D eigenvalue weighted by atomic mass is 9.94. The average molecular weight is 797 g/mol. The highest BCUT2D eigenvalue weighted by molar-refractivity contribution is 5.78. The van der Waals surface area contributed by atoms with E-state index in [1.807, 2.05) is 0 Å². The molecule has 0 saturated carbocycles. The van der Waals surface area contributed by atoms with Crippen molar-refractivity contribution >= 4 is 17.8 Å². The first-order chi connectivity index (χ1) is 27.3. The minimum atomic E-state index is -1.42. The molecule has 1 aliphatic rings. The van der Waals surface area contributed by atoms with Crippen molar-refractivity contribution < 1.29 is 39.5 Å². The van der Waals surface area contributed by atoms with Crippen LogP contribution >= 0.6 is 0 Å². The van der Waals surface area contributed by atoms with Crippen molar-refractivity contribution in [2.24, 2.45) is 0 Å². The Morgan fingerprint density at radius 1 is 0.518 bits per heavy atom. The zero-order valence-corrected chi connectivity index (χ0v) is 36.2. The largest absolute Gasteiger partial charge is 0.481 e. The van der Waals surface area contributed by atoms with Crippen LogP contribution in [-0.4, -0.2) is 86.8 Å². The van der Waals surface area contributed by atoms with Crippen LogP contribution in [0.3, 0.4) is 0 Å². The first kappa shape index (κ1) is 52.3. The van der Waals surface area contributed by atoms with Crippen LogP contribution in [-0.2, 0) is 19.1 Å². The van der Waals surface area contributed by atoms with Crippen LogP contribution in [0.2, 0.25) is 0 Å². The molecule has 1 saturated heterocycles. The van der Waals surface area contributed by atoms with E-state index in [0.717, 1.165) is 44.9 Å². The topological polar surface area (TPSA) is 157 Å². The van der Waals surface area contributed by atoms with Gasteiger partial charge in [0.05, 0.1) is 6.61 Å². The molecule has 5 N–H and O–H groups in total. The van der Waals surface area contributed by atoms with Gasteiger partial charge in [-0.15, -0.1) is 0 Å². The summed E-state index contributed by atoms with van der Waals surface area (Å²) in [6, 6.07) is -1.05. The predicted molar refractivity (Wildman–Crippen MR) is 227 cm³/mol. The Kier molecular flexibility index (Phi) is 33.9. The van der Waals surface area contributed by atoms with Gasteiger partial charge >= 0.3 is 5.97 Å². The van der Waals surface area contributed by atoms with E-state index in [-0.39, 0.29) is 24.7 Å². The number of carbonyl (C=O) groups excluding carboxylic acids is 2. The minimum Gasteiger partial charge on any atom is -0.481 e. The van der Waals surface area contributed by atoms with E-state index in [0.29, 0.717) is 38.6 Å². The lowest BCUT2D eigenvalue weighted by molar-refractivity contribution is -0.231. The Morgan fingerprint density at radius 3 is 1.30 bits per heavy atom. The van der Waals surface area contributed by atoms with Crippen molar-refractivity contribution in [2.75, 3.05) is 13.2 Å². The predicted octanol–water partition coefficient (Wildman–Crippen LogP) is 10.1. The van der Waals surface area contributed by atoms with Crippen LogP contribution in [0, 0.1) is 0 Å². The molecule has 0 aliphatic carbocycles. The first-order valence-electron chi connectivity index (χ1n) is 23.7. The third-order valence-corrected chi connectivity index (χ3v) is 11.6. The average Bonchev–Trinajstić information content (AvgIpc) is 3.18. The van der Waals surface area contributed by atoms with Crippen LogP contribution in [0.15, 0.2) is 0 Å². The number of unbranched alkanes of at least 4 members (excludes halogenated alkanes) is 28. The van der Waals surface area contributed by atoms with Gasteiger partial charge in [0, 0.05) is 25.8 Å². The van der Waals surface area contributed by atoms with Gasteiger partial charge in [-0.1, -0.05) is 187 Å². The van der Waals surface area contributed by atoms with Gasteiger partial charge in [0.2, 0.25) is 11.8 Å². The number of rotatable bonds is 39. The molecule has 1 fully saturated rings. The van der Waals surface area contributed by atoms with Crippen molar-refractivity contribution in [3.05, 3.63) is 0 Å². The number of nitrogens with one attached hydrogen (secondary N) is 1. The molecule has 0 aromatic carbocycles. The first-order valence-corrected chi connectivity index (χ1v) is 23.7. The van der Waals surface area contributed by atoms with Crippen LogP contribution in [0.25, 0.3) is 0 Å². The van der Waals surface area contributed by atoms with Gasteiger partial charge in [0.15, 0.2) is 6.23 Å². The van der Waals surface area contributed by atoms with E-state index in [1.54, 1.807) is 4.90 Å². The molecule has 5 atom stereocenters. The lowest BCUT2D eigenvalue weighted by Crippen LogP contribution is -2.68. The van der Waals surface area contributed by atoms with Gasteiger partial charge < -0.3 is 35.4 Å². The highest BCUT2D eigenvalue weighted by Crippen LogP contribution is 2.26. The zero-order valence-electron chi connectivity index (χ0n) is 36.2. The summed E-state index contributed by atoms with van der Waals surface area (Å²) < 4.78 is 6.16. The second-order valence-electron chi connectivity index (χ2n) is 16.8. The van der Waals surface area contributed by atoms with E-state index >= 15 is 0 Å². The van der Waals surface area contributed by atoms with Gasteiger partial charge in [-0.05, 0) is 25.7 Å². The second kappa shape index (κ2) is 36.3. The van der Waals surface area contributed by atoms with Gasteiger partial charge in [-0.3, -0.25) is 14.4 Å². The number of carbonyl (C=O) groups is 3. The Hall–Kier alpha value is -1.75. The summed E-state index contributed by atoms with van der Waals surface area (Å²) in [6.45, 7) is 4.40. The van der Waals surface area contributed by atoms with Gasteiger partial charge in [-0.25, -0.2) is 0 Å². The molecule has 10 heteroatoms. The monoisotopic (exact) mass is 797 g/mol. The zero-order chi connectivity index (χ0) is 41.1. The molecule has 1 rings (SSSR count). The number of aliphatic hydroxyl groups excluding tert-OH is 3. The van der Waals surface area contributed by atoms with Crippen LogP contribution in [0.1, 0.15) is 232 Å². The van der Waals surface area contributed by atoms with Gasteiger partial charge in [0.1, 0.15) is 24.4 Å². The van der Waals surface area contributed by atoms with Crippen LogP contribution in [0.4, 0.5) is 0 Å². The molecule has 0 spiro atoms. The van der Waals surface area contributed by atoms with Gasteiger partial charge in [-0.2, -0.15) is 0 Å². The summed E-state index contributed by atoms with van der Waals surface area (Å²) in [5.41, 5.74) is 0. The highest BCUT2D eigenvalue weighted by atomic mass is 16.5. The van der Waals surface area contributed by atoms with E-state index in [9.17, 15) is 29.7 Å². The molecule has 2 amide bonds. The molecule has 0 aromatic rings. The Bertz CT molecular complexity index is 952. The van der Waals surface area contributed by atoms with Crippen LogP contribution < -0.4 is 5.32 Å². The molecule has 0 aromatic heterocycles. The van der Waals surface area contributed by atoms with Crippen molar-refractivity contribution in [1.29, 1.82) is 0 Å². The maximum absolute atomic E-state index is 13.9. The summed E-state index contributed by atoms with van der Waals surface area (Å²) in [5, 5.41) is 43.8. The smallest absolute Gasteiger partial charge is 0.303 e. The Morgan fingerprint density at radius 2 is 0.893 bits per heavy atom. The molecular formula is C46H88N2O8. The molecule has 1 heterocycles. The molecule has 1 aliphatic heterocycles. The third-order valence-electron chi connectivity index (χ3n) is 11.6. The standard InChI is InChI=1S/C46H88N2O8/c1-3-5-7-9-11-13-15-17-18-19-20-22-24-26-31-35-41(51)48(37-33-29-25-23-21-16-14-12-10-8-6-4-2)46-43(45(55)44(54)39(38-49)56-46)47-40(50)34-30-27-28-32-36-42(52)53/h39,43-46,49,54-55H,3-38H2,1-2H3,(H,47,50)(H,52,53)/t39-,43-,44+,45-,46-/m1/s1. The van der Waals surface area contributed by atoms with E-state index in [2.05, 4.69) is 19.2 Å². The van der Waals surface area contributed by atoms with Crippen molar-refractivity contribution in [3.8, 4) is 0 Å². The molecule has 330 valence electrons. The fourth-order valence-corrected chi connectivity index (χ4v) is 8.00. The fourth-order valence-electron chi connectivity index (χ4n) is 8.00.